The van der Waals surface area contributed by atoms with Crippen LogP contribution in [0.25, 0.3) is 21.3 Å². The number of halogens is 6. The lowest BCUT2D eigenvalue weighted by Gasteiger charge is -2.16. The molecule has 3 N–H and O–H groups in total. The molecule has 0 saturated carbocycles. The minimum absolute atomic E-state index is 0.0118. The van der Waals surface area contributed by atoms with Gasteiger partial charge < -0.3 is 14.5 Å². The Morgan fingerprint density at radius 1 is 1.23 bits per heavy atom. The number of alkyl halides is 5. The molecule has 0 radical (unpaired) electrons. The van der Waals surface area contributed by atoms with Crippen LogP contribution in [0.4, 0.5) is 22.0 Å². The summed E-state index contributed by atoms with van der Waals surface area (Å²) in [5.74, 6) is 0.0118. The summed E-state index contributed by atoms with van der Waals surface area (Å²) in [6.07, 6.45) is -4.34. The second kappa shape index (κ2) is 8.19. The maximum Gasteiger partial charge on any atom is 0.400 e. The number of nitrogens with one attached hydrogen (secondary N) is 1. The van der Waals surface area contributed by atoms with Crippen LogP contribution in [0.2, 0.25) is 0 Å². The topological polar surface area (TPSA) is 95.4 Å². The van der Waals surface area contributed by atoms with E-state index in [4.69, 9.17) is 14.5 Å². The van der Waals surface area contributed by atoms with Gasteiger partial charge in [0.2, 0.25) is 0 Å². The van der Waals surface area contributed by atoms with Crippen LogP contribution in [-0.2, 0) is 10.2 Å². The molecule has 0 aliphatic rings. The average molecular weight is 535 g/mol. The van der Waals surface area contributed by atoms with Crippen LogP contribution in [0.3, 0.4) is 0 Å². The van der Waals surface area contributed by atoms with E-state index in [2.05, 4.69) is 26.1 Å². The number of aromatic amines is 1. The predicted octanol–water partition coefficient (Wildman–Crippen LogP) is 6.00. The zero-order chi connectivity index (χ0) is 22.3. The lowest BCUT2D eigenvalue weighted by atomic mass is 10.1. The van der Waals surface area contributed by atoms with Crippen molar-refractivity contribution in [2.45, 2.75) is 24.7 Å². The van der Waals surface area contributed by atoms with E-state index in [9.17, 15) is 26.5 Å². The number of hydrogen-bond acceptors (Lipinski definition) is 4. The Labute approximate surface area is 178 Å². The molecule has 0 aliphatic heterocycles. The highest BCUT2D eigenvalue weighted by molar-refractivity contribution is 9.10. The third-order valence-electron chi connectivity index (χ3n) is 4.01. The molecule has 14 heteroatoms. The molecule has 30 heavy (non-hydrogen) atoms. The monoisotopic (exact) mass is 534 g/mol. The number of fused-ring (bicyclic) bond motifs is 1. The molecular weight excluding hydrogens is 522 g/mol. The first-order valence-corrected chi connectivity index (χ1v) is 11.4. The van der Waals surface area contributed by atoms with Crippen LogP contribution in [0, 0.1) is 0 Å². The van der Waals surface area contributed by atoms with Gasteiger partial charge in [0.1, 0.15) is 10.6 Å². The minimum Gasteiger partial charge on any atom is -0.492 e. The average Bonchev–Trinajstić information content (AvgIpc) is 3.25. The Balaban J connectivity index is 2.08. The van der Waals surface area contributed by atoms with Gasteiger partial charge in [0.15, 0.2) is 0 Å². The van der Waals surface area contributed by atoms with Gasteiger partial charge in [-0.1, -0.05) is 0 Å². The Bertz CT molecular complexity index is 1100. The fourth-order valence-corrected chi connectivity index (χ4v) is 5.57. The molecule has 0 aliphatic carbocycles. The molecule has 164 valence electrons. The van der Waals surface area contributed by atoms with Gasteiger partial charge in [0.25, 0.3) is 0 Å². The first-order chi connectivity index (χ1) is 13.8. The van der Waals surface area contributed by atoms with Gasteiger partial charge in [-0.15, -0.1) is 11.3 Å². The van der Waals surface area contributed by atoms with Crippen LogP contribution in [0.5, 0.6) is 5.75 Å². The summed E-state index contributed by atoms with van der Waals surface area (Å²) < 4.78 is 82.4. The van der Waals surface area contributed by atoms with E-state index < -0.39 is 30.7 Å². The molecule has 0 amide bonds. The SMILES string of the molecule is O=P(O)(O)C(F)(F)c1sc2c(OCCCC(F)(F)F)cc(-c3ccn[nH]3)cc2c1Br. The van der Waals surface area contributed by atoms with E-state index in [1.807, 2.05) is 0 Å². The number of aromatic nitrogens is 2. The summed E-state index contributed by atoms with van der Waals surface area (Å²) in [5.41, 5.74) is -3.54. The van der Waals surface area contributed by atoms with E-state index in [1.54, 1.807) is 6.07 Å². The van der Waals surface area contributed by atoms with Crippen LogP contribution in [0.15, 0.2) is 28.9 Å². The molecule has 1 aromatic carbocycles. The number of nitrogens with zero attached hydrogens (tertiary/aromatic N) is 1. The van der Waals surface area contributed by atoms with Gasteiger partial charge in [0, 0.05) is 28.0 Å². The van der Waals surface area contributed by atoms with Crippen molar-refractivity contribution in [1.82, 2.24) is 10.2 Å². The highest BCUT2D eigenvalue weighted by Crippen LogP contribution is 2.63. The van der Waals surface area contributed by atoms with Crippen LogP contribution in [0.1, 0.15) is 17.7 Å². The highest BCUT2D eigenvalue weighted by Gasteiger charge is 2.53. The maximum absolute atomic E-state index is 14.3. The van der Waals surface area contributed by atoms with Crippen molar-refractivity contribution in [3.05, 3.63) is 33.7 Å². The number of H-pyrrole nitrogens is 1. The van der Waals surface area contributed by atoms with Gasteiger partial charge in [-0.05, 0) is 40.5 Å². The van der Waals surface area contributed by atoms with E-state index in [-0.39, 0.29) is 33.3 Å². The highest BCUT2D eigenvalue weighted by atomic mass is 79.9. The van der Waals surface area contributed by atoms with Crippen molar-refractivity contribution in [1.29, 1.82) is 0 Å². The van der Waals surface area contributed by atoms with Crippen molar-refractivity contribution >= 4 is 44.9 Å². The Hall–Kier alpha value is -1.53. The molecule has 0 fully saturated rings. The quantitative estimate of drug-likeness (QED) is 0.196. The molecule has 0 bridgehead atoms. The fraction of sp³-hybridized carbons (Fsp3) is 0.312. The first-order valence-electron chi connectivity index (χ1n) is 8.20. The second-order valence-corrected chi connectivity index (χ2v) is 9.68. The predicted molar refractivity (Wildman–Crippen MR) is 104 cm³/mol. The van der Waals surface area contributed by atoms with Crippen molar-refractivity contribution in [3.8, 4) is 17.0 Å². The zero-order valence-electron chi connectivity index (χ0n) is 14.7. The summed E-state index contributed by atoms with van der Waals surface area (Å²) in [6, 6.07) is 4.50. The van der Waals surface area contributed by atoms with E-state index in [1.165, 1.54) is 18.3 Å². The van der Waals surface area contributed by atoms with Crippen molar-refractivity contribution in [2.24, 2.45) is 0 Å². The first kappa shape index (κ1) is 23.1. The molecule has 2 aromatic heterocycles. The molecule has 2 heterocycles. The van der Waals surface area contributed by atoms with E-state index in [0.29, 0.717) is 22.6 Å². The van der Waals surface area contributed by atoms with Crippen molar-refractivity contribution in [2.75, 3.05) is 6.61 Å². The van der Waals surface area contributed by atoms with Crippen LogP contribution < -0.4 is 4.74 Å². The van der Waals surface area contributed by atoms with Gasteiger partial charge in [0.05, 0.1) is 17.0 Å². The minimum atomic E-state index is -5.83. The molecule has 0 atom stereocenters. The van der Waals surface area contributed by atoms with Crippen LogP contribution in [-0.4, -0.2) is 32.8 Å². The Morgan fingerprint density at radius 3 is 2.50 bits per heavy atom. The van der Waals surface area contributed by atoms with E-state index in [0.717, 1.165) is 0 Å². The van der Waals surface area contributed by atoms with Gasteiger partial charge >= 0.3 is 19.4 Å². The molecule has 0 unspecified atom stereocenters. The number of benzene rings is 1. The fourth-order valence-electron chi connectivity index (χ4n) is 2.60. The lowest BCUT2D eigenvalue weighted by Crippen LogP contribution is -2.12. The second-order valence-electron chi connectivity index (χ2n) is 6.22. The largest absolute Gasteiger partial charge is 0.492 e. The standard InChI is InChI=1S/C16H13BrF5N2O4PS/c17-12-9-6-8(10-2-4-23-24-10)7-11(28-5-1-3-15(18,19)20)13(9)30-14(12)16(21,22)29(25,26)27/h2,4,6-7H,1,3,5H2,(H,23,24)(H2,25,26,27). The Morgan fingerprint density at radius 2 is 1.93 bits per heavy atom. The third kappa shape index (κ3) is 4.70. The normalized spacial score (nSPS) is 13.2. The smallest absolute Gasteiger partial charge is 0.400 e. The van der Waals surface area contributed by atoms with E-state index >= 15 is 0 Å². The number of rotatable bonds is 7. The van der Waals surface area contributed by atoms with Crippen molar-refractivity contribution in [3.63, 3.8) is 0 Å². The summed E-state index contributed by atoms with van der Waals surface area (Å²) >= 11 is 3.37. The molecule has 0 saturated heterocycles. The van der Waals surface area contributed by atoms with Crippen LogP contribution >= 0.6 is 34.9 Å². The molecule has 0 spiro atoms. The lowest BCUT2D eigenvalue weighted by molar-refractivity contribution is -0.136. The zero-order valence-corrected chi connectivity index (χ0v) is 18.0. The summed E-state index contributed by atoms with van der Waals surface area (Å²) in [4.78, 5) is 17.2. The number of hydrogen-bond donors (Lipinski definition) is 3. The van der Waals surface area contributed by atoms with Gasteiger partial charge in [-0.25, -0.2) is 0 Å². The van der Waals surface area contributed by atoms with Gasteiger partial charge in [-0.3, -0.25) is 9.66 Å². The molecule has 3 rings (SSSR count). The number of thiophene rings is 1. The van der Waals surface area contributed by atoms with Crippen molar-refractivity contribution < 1.29 is 41.0 Å². The molecule has 3 aromatic rings. The molecule has 6 nitrogen and oxygen atoms in total. The number of ether oxygens (including phenoxy) is 1. The summed E-state index contributed by atoms with van der Waals surface area (Å²) in [5, 5.41) is 6.63. The molecular formula is C16H13BrF5N2O4PS. The third-order valence-corrected chi connectivity index (χ3v) is 7.49. The maximum atomic E-state index is 14.3. The Kier molecular flexibility index (Phi) is 6.32. The summed E-state index contributed by atoms with van der Waals surface area (Å²) in [7, 11) is -5.83. The summed E-state index contributed by atoms with van der Waals surface area (Å²) in [6.45, 7) is -0.333. The van der Waals surface area contributed by atoms with Gasteiger partial charge in [-0.2, -0.15) is 27.1 Å².